The van der Waals surface area contributed by atoms with Crippen molar-refractivity contribution in [2.45, 2.75) is 215 Å². The number of carbonyl (C=O) groups is 15. The number of aromatic nitrogens is 1. The third-order valence-electron chi connectivity index (χ3n) is 25.4. The highest BCUT2D eigenvalue weighted by Gasteiger charge is 2.47. The molecule has 0 spiro atoms. The predicted octanol–water partition coefficient (Wildman–Crippen LogP) is 2.58. The maximum absolute atomic E-state index is 15.8. The number of ketones is 1. The Morgan fingerprint density at radius 1 is 0.514 bits per heavy atom. The van der Waals surface area contributed by atoms with Crippen LogP contribution in [0.25, 0.3) is 10.9 Å². The first kappa shape index (κ1) is 107. The second-order valence-electron chi connectivity index (χ2n) is 35.8. The number of hydrogen-bond acceptors (Lipinski definition) is 21. The zero-order valence-electron chi connectivity index (χ0n) is 78.4. The lowest BCUT2D eigenvalue weighted by Gasteiger charge is -2.38. The number of aromatic amines is 1. The molecule has 35 nitrogen and oxygen atoms in total. The summed E-state index contributed by atoms with van der Waals surface area (Å²) in [6.07, 6.45) is -1.38. The Kier molecular flexibility index (Phi) is 39.8. The van der Waals surface area contributed by atoms with Gasteiger partial charge in [0.15, 0.2) is 23.2 Å². The van der Waals surface area contributed by atoms with Gasteiger partial charge in [0.25, 0.3) is 0 Å². The fourth-order valence-corrected chi connectivity index (χ4v) is 18.3. The summed E-state index contributed by atoms with van der Waals surface area (Å²) in [5.74, 6) is -21.5. The number of phenolic OH excluding ortho intramolecular Hbond substituents is 1. The quantitative estimate of drug-likeness (QED) is 0.0274. The summed E-state index contributed by atoms with van der Waals surface area (Å²) < 4.78 is 45.2. The number of hydrogen-bond donors (Lipinski definition) is 15. The van der Waals surface area contributed by atoms with Gasteiger partial charge in [-0.15, -0.1) is 11.8 Å². The van der Waals surface area contributed by atoms with Crippen molar-refractivity contribution in [2.24, 2.45) is 34.8 Å². The molecule has 742 valence electrons. The minimum Gasteiger partial charge on any atom is -0.508 e. The van der Waals surface area contributed by atoms with Crippen LogP contribution in [-0.4, -0.2) is 272 Å². The number of carbonyl (C=O) groups excluding carboxylic acids is 15. The molecular formula is C99H127F3N18O17S. The van der Waals surface area contributed by atoms with E-state index in [1.54, 1.807) is 129 Å². The molecule has 39 heteroatoms. The number of nitrogens with one attached hydrogen (secondary N) is 9. The van der Waals surface area contributed by atoms with Gasteiger partial charge in [-0.05, 0) is 127 Å². The van der Waals surface area contributed by atoms with Crippen molar-refractivity contribution in [2.75, 3.05) is 65.4 Å². The predicted molar refractivity (Wildman–Crippen MR) is 510 cm³/mol. The number of likely N-dealkylation sites (N-methyl/N-ethyl adjacent to an activating group) is 3. The fourth-order valence-electron chi connectivity index (χ4n) is 17.4. The van der Waals surface area contributed by atoms with Crippen LogP contribution in [0.15, 0.2) is 152 Å². The third-order valence-corrected chi connectivity index (χ3v) is 26.4. The molecule has 0 aliphatic carbocycles. The van der Waals surface area contributed by atoms with E-state index in [0.29, 0.717) is 70.1 Å². The van der Waals surface area contributed by atoms with Gasteiger partial charge in [-0.2, -0.15) is 0 Å². The lowest BCUT2D eigenvalue weighted by molar-refractivity contribution is -0.152. The van der Waals surface area contributed by atoms with Crippen molar-refractivity contribution in [3.63, 3.8) is 0 Å². The maximum atomic E-state index is 15.8. The Labute approximate surface area is 803 Å². The van der Waals surface area contributed by atoms with Gasteiger partial charge in [0.1, 0.15) is 72.2 Å². The van der Waals surface area contributed by atoms with E-state index in [9.17, 15) is 38.6 Å². The normalized spacial score (nSPS) is 23.8. The van der Waals surface area contributed by atoms with Gasteiger partial charge in [0.2, 0.25) is 82.7 Å². The molecule has 3 saturated heterocycles. The van der Waals surface area contributed by atoms with E-state index in [1.165, 1.54) is 50.3 Å². The van der Waals surface area contributed by atoms with E-state index in [1.807, 2.05) is 6.92 Å². The van der Waals surface area contributed by atoms with E-state index in [0.717, 1.165) is 36.9 Å². The smallest absolute Gasteiger partial charge is 0.246 e. The molecule has 14 atom stereocenters. The first-order valence-corrected chi connectivity index (χ1v) is 47.7. The Hall–Kier alpha value is -13.1. The van der Waals surface area contributed by atoms with E-state index in [4.69, 9.17) is 22.9 Å². The molecule has 14 amide bonds. The van der Waals surface area contributed by atoms with Gasteiger partial charge in [-0.1, -0.05) is 149 Å². The van der Waals surface area contributed by atoms with Crippen LogP contribution in [-0.2, 0) is 117 Å². The number of aromatic hydroxyl groups is 1. The van der Waals surface area contributed by atoms with Gasteiger partial charge >= 0.3 is 0 Å². The number of fused-ring (bicyclic) bond motifs is 3. The molecule has 4 heterocycles. The molecule has 3 aliphatic rings. The number of unbranched alkanes of at least 4 members (excludes halogenated alkanes) is 2. The number of amides is 14. The number of rotatable bonds is 26. The van der Waals surface area contributed by atoms with Crippen molar-refractivity contribution in [1.82, 2.24) is 72.0 Å². The van der Waals surface area contributed by atoms with Crippen molar-refractivity contribution in [1.29, 1.82) is 0 Å². The Balaban J connectivity index is 1.05. The number of aliphatic hydroxyl groups is 1. The summed E-state index contributed by atoms with van der Waals surface area (Å²) in [5.41, 5.74) is 27.4. The number of nitrogens with zero attached hydrogens (tertiary/aromatic N) is 5. The Morgan fingerprint density at radius 2 is 1.07 bits per heavy atom. The van der Waals surface area contributed by atoms with Crippen LogP contribution in [0.3, 0.4) is 0 Å². The van der Waals surface area contributed by atoms with Gasteiger partial charge in [-0.25, -0.2) is 13.2 Å². The number of benzene rings is 6. The van der Waals surface area contributed by atoms with Crippen molar-refractivity contribution < 1.29 is 95.3 Å². The van der Waals surface area contributed by atoms with Crippen LogP contribution >= 0.6 is 11.8 Å². The summed E-state index contributed by atoms with van der Waals surface area (Å²) in [7, 11) is 3.91. The topological polar surface area (TPSA) is 529 Å². The number of para-hydroxylation sites is 1. The summed E-state index contributed by atoms with van der Waals surface area (Å²) in [6.45, 7) is 3.88. The molecule has 3 fully saturated rings. The monoisotopic (exact) mass is 1930 g/mol. The zero-order valence-corrected chi connectivity index (χ0v) is 79.2. The summed E-state index contributed by atoms with van der Waals surface area (Å²) >= 11 is 0.726. The molecular weight excluding hydrogens is 1800 g/mol. The van der Waals surface area contributed by atoms with Crippen LogP contribution in [0, 0.1) is 29.3 Å². The minimum absolute atomic E-state index is 0.0101. The fraction of sp³-hybridized carbons (Fsp3) is 0.465. The second-order valence-corrected chi connectivity index (χ2v) is 36.8. The minimum atomic E-state index is -1.84. The van der Waals surface area contributed by atoms with Crippen LogP contribution in [0.1, 0.15) is 130 Å². The molecule has 3 aliphatic heterocycles. The van der Waals surface area contributed by atoms with Crippen molar-refractivity contribution in [3.05, 3.63) is 208 Å². The molecule has 0 radical (unpaired) electrons. The molecule has 10 rings (SSSR count). The zero-order chi connectivity index (χ0) is 100. The highest BCUT2D eigenvalue weighted by Crippen LogP contribution is 2.29. The average molecular weight is 1930 g/mol. The van der Waals surface area contributed by atoms with Crippen molar-refractivity contribution >= 4 is 111 Å². The Morgan fingerprint density at radius 3 is 1.70 bits per heavy atom. The molecule has 0 bridgehead atoms. The number of Topliss-reactive ketones (excluding diaryl/α,β-unsaturated/α-hetero) is 1. The van der Waals surface area contributed by atoms with Crippen LogP contribution < -0.4 is 65.5 Å². The molecule has 0 saturated carbocycles. The number of aliphatic hydroxyl groups excluding tert-OH is 1. The third kappa shape index (κ3) is 29.2. The van der Waals surface area contributed by atoms with Gasteiger partial charge < -0.3 is 105 Å². The van der Waals surface area contributed by atoms with Crippen LogP contribution in [0.5, 0.6) is 5.75 Å². The number of phenols is 1. The lowest BCUT2D eigenvalue weighted by Crippen LogP contribution is -2.62. The van der Waals surface area contributed by atoms with E-state index >= 15 is 56.7 Å². The van der Waals surface area contributed by atoms with Crippen LogP contribution in [0.2, 0.25) is 0 Å². The molecule has 7 aromatic rings. The van der Waals surface area contributed by atoms with Gasteiger partial charge in [-0.3, -0.25) is 71.9 Å². The SMILES string of the molecule is CCCC[C@H]1C(=O)N2CCC[C@@H]2C(=O)N[C@@H](CN)C(=O)N[C@@H](C(C)C)C(=O)N(C)[C@@H](Cc2ccccc2)C(=O)N[C@@H](Cc2ccc(CN)cc2)C(=O)N2C[C@@H](O)C[C@@H]2C(=O)NC[C@@H](Cc2c[nH]c3ccccc23)C(=O)N[C@@H](Cc2ccc(O)cc2)C(=O)N[C@@H](CCCCN)C(=O)N[C@H](C(=O)CCC(N)=O)CSCC(=O)N[C@@H](Cc2cc(F)c(F)c(F)c2)C(=O)N(C)[C@@H](Cc2ccccc2)C(=O)N1C. The first-order chi connectivity index (χ1) is 66.0. The van der Waals surface area contributed by atoms with Gasteiger partial charge in [0.05, 0.1) is 23.8 Å². The van der Waals surface area contributed by atoms with E-state index in [-0.39, 0.29) is 102 Å². The van der Waals surface area contributed by atoms with Gasteiger partial charge in [0, 0.05) is 128 Å². The number of thioether (sulfide) groups is 1. The molecule has 19 N–H and O–H groups in total. The van der Waals surface area contributed by atoms with Crippen molar-refractivity contribution in [3.8, 4) is 5.75 Å². The van der Waals surface area contributed by atoms with Crippen LogP contribution in [0.4, 0.5) is 13.2 Å². The summed E-state index contributed by atoms with van der Waals surface area (Å²) in [4.78, 5) is 235. The highest BCUT2D eigenvalue weighted by molar-refractivity contribution is 8.00. The standard InChI is InChI=1S/C99H127F3N18O17S/c1-7-8-27-79-98(136)119-40-19-28-78(119)93(131)113-76(51-105)91(129)115-87(57(2)3)99(137)117(5)80(46-58-20-11-9-12-21-58)94(132)112-75(44-60-29-31-62(50-104)32-30-60)96(134)120-54-67(122)49-81(120)92(130)108-53-65(48-64-52-107-71-25-16-15-24-68(64)71)88(126)111-73(43-61-33-35-66(121)36-34-61)90(128)110-72(26-17-18-39-103)89(127)114-77(83(123)37-38-84(106)124)55-138-56-85(125)109-74(45-63-41-69(100)86(102)70(101)42-63)95(133)118(6)82(97(135)116(79)4)47-59-22-13-10-14-23-59/h9-16,20-25,29-36,41-42,52,57,65,67,72-82,87,107,121-122H,7-8,17-19,26-28,37-40,43-51,53-56,103-105H2,1-6H3,(H2,106,124)(H,108,130)(H,109,125)(H,110,128)(H,111,126)(H,112,132)(H,113,131)(H,114,127)(H,115,129)/t65-,67+,72+,73+,74+,75+,76+,77+,78-,79+,80+,81-,82+,87+/m1/s1. The molecule has 6 aromatic carbocycles. The highest BCUT2D eigenvalue weighted by atomic mass is 32.2. The maximum Gasteiger partial charge on any atom is 0.246 e. The largest absolute Gasteiger partial charge is 0.508 e. The van der Waals surface area contributed by atoms with E-state index in [2.05, 4.69) is 47.5 Å². The average Bonchev–Trinajstić information content (AvgIpc) is 1.35. The van der Waals surface area contributed by atoms with E-state index < -0.39 is 247 Å². The molecule has 1 aromatic heterocycles. The summed E-state index contributed by atoms with van der Waals surface area (Å²) in [6, 6.07) is 19.6. The number of primary amides is 1. The number of nitrogens with two attached hydrogens (primary N) is 4. The second kappa shape index (κ2) is 51.3. The first-order valence-electron chi connectivity index (χ1n) is 46.6. The lowest BCUT2D eigenvalue weighted by atomic mass is 9.96. The number of halogens is 3. The number of H-pyrrole nitrogens is 1. The molecule has 0 unspecified atom stereocenters. The Bertz CT molecular complexity index is 5410. The molecule has 138 heavy (non-hydrogen) atoms. The summed E-state index contributed by atoms with van der Waals surface area (Å²) in [5, 5.41) is 44.8.